The molecule has 3 N–H and O–H groups in total. The second-order valence-corrected chi connectivity index (χ2v) is 7.85. The van der Waals surface area contributed by atoms with E-state index in [0.29, 0.717) is 17.1 Å². The normalized spacial score (nSPS) is 14.5. The van der Waals surface area contributed by atoms with Crippen molar-refractivity contribution in [1.29, 1.82) is 0 Å². The van der Waals surface area contributed by atoms with Gasteiger partial charge in [0.05, 0.1) is 22.6 Å². The zero-order valence-corrected chi connectivity index (χ0v) is 18.6. The number of carboxylic acids is 1. The van der Waals surface area contributed by atoms with E-state index in [1.165, 1.54) is 17.1 Å². The molecular formula is C25H21FN4O4. The van der Waals surface area contributed by atoms with Gasteiger partial charge in [-0.25, -0.2) is 9.18 Å². The Morgan fingerprint density at radius 1 is 1.06 bits per heavy atom. The van der Waals surface area contributed by atoms with E-state index < -0.39 is 29.0 Å². The third kappa shape index (κ3) is 4.11. The lowest BCUT2D eigenvalue weighted by molar-refractivity contribution is -0.112. The monoisotopic (exact) mass is 460 g/mol. The summed E-state index contributed by atoms with van der Waals surface area (Å²) in [6, 6.07) is 13.8. The number of anilines is 2. The Bertz CT molecular complexity index is 1400. The molecule has 172 valence electrons. The van der Waals surface area contributed by atoms with Gasteiger partial charge in [-0.1, -0.05) is 18.2 Å². The number of aromatic carboxylic acids is 1. The first-order valence-corrected chi connectivity index (χ1v) is 10.3. The molecule has 0 aliphatic carbocycles. The first-order valence-electron chi connectivity index (χ1n) is 10.3. The summed E-state index contributed by atoms with van der Waals surface area (Å²) in [5, 5.41) is 29.3. The lowest BCUT2D eigenvalue weighted by Crippen LogP contribution is -2.28. The molecule has 0 atom stereocenters. The number of carbonyl (C=O) groups excluding carboxylic acids is 1. The number of amides is 1. The summed E-state index contributed by atoms with van der Waals surface area (Å²) in [5.41, 5.74) is 6.04. The van der Waals surface area contributed by atoms with Gasteiger partial charge in [-0.2, -0.15) is 15.2 Å². The maximum atomic E-state index is 14.4. The fourth-order valence-corrected chi connectivity index (χ4v) is 3.54. The molecule has 34 heavy (non-hydrogen) atoms. The van der Waals surface area contributed by atoms with Gasteiger partial charge in [0.25, 0.3) is 0 Å². The minimum atomic E-state index is -1.37. The molecule has 9 heteroatoms. The van der Waals surface area contributed by atoms with Crippen molar-refractivity contribution in [1.82, 2.24) is 0 Å². The Labute approximate surface area is 194 Å². The average Bonchev–Trinajstić information content (AvgIpc) is 3.07. The molecule has 0 fully saturated rings. The van der Waals surface area contributed by atoms with Crippen LogP contribution in [-0.2, 0) is 4.79 Å². The van der Waals surface area contributed by atoms with Gasteiger partial charge >= 0.3 is 11.9 Å². The number of aryl methyl sites for hydroxylation is 2. The molecule has 1 heterocycles. The van der Waals surface area contributed by atoms with Gasteiger partial charge in [-0.3, -0.25) is 10.2 Å². The number of nitrogens with one attached hydrogen (secondary N) is 1. The summed E-state index contributed by atoms with van der Waals surface area (Å²) in [4.78, 5) is 24.2. The summed E-state index contributed by atoms with van der Waals surface area (Å²) in [6.07, 6.45) is 0. The molecule has 0 unspecified atom stereocenters. The zero-order valence-electron chi connectivity index (χ0n) is 18.6. The second-order valence-electron chi connectivity index (χ2n) is 7.85. The summed E-state index contributed by atoms with van der Waals surface area (Å²) >= 11 is 0. The molecule has 1 amide bonds. The van der Waals surface area contributed by atoms with Crippen LogP contribution in [-0.4, -0.2) is 33.5 Å². The van der Waals surface area contributed by atoms with Crippen LogP contribution in [0.3, 0.4) is 0 Å². The van der Waals surface area contributed by atoms with Crippen LogP contribution in [0.4, 0.5) is 15.8 Å². The number of hydrazone groups is 2. The van der Waals surface area contributed by atoms with Crippen LogP contribution in [0.2, 0.25) is 0 Å². The highest BCUT2D eigenvalue weighted by atomic mass is 19.1. The molecule has 0 spiro atoms. The Morgan fingerprint density at radius 2 is 1.82 bits per heavy atom. The third-order valence-corrected chi connectivity index (χ3v) is 5.53. The topological polar surface area (TPSA) is 115 Å². The lowest BCUT2D eigenvalue weighted by atomic mass is 10.00. The number of benzene rings is 3. The van der Waals surface area contributed by atoms with Crippen molar-refractivity contribution in [3.63, 3.8) is 0 Å². The molecule has 3 aromatic rings. The quantitative estimate of drug-likeness (QED) is 0.478. The minimum Gasteiger partial charge on any atom is -0.506 e. The number of carbonyl (C=O) groups is 2. The fraction of sp³-hybridized carbons (Fsp3) is 0.120. The average molecular weight is 460 g/mol. The van der Waals surface area contributed by atoms with Crippen molar-refractivity contribution in [2.24, 2.45) is 10.2 Å². The van der Waals surface area contributed by atoms with Crippen LogP contribution in [0.15, 0.2) is 64.8 Å². The van der Waals surface area contributed by atoms with Crippen LogP contribution in [0, 0.1) is 19.7 Å². The maximum absolute atomic E-state index is 14.4. The van der Waals surface area contributed by atoms with Crippen LogP contribution in [0.5, 0.6) is 5.75 Å². The zero-order chi connectivity index (χ0) is 24.6. The lowest BCUT2D eigenvalue weighted by Gasteiger charge is -2.13. The van der Waals surface area contributed by atoms with Gasteiger partial charge in [0, 0.05) is 0 Å². The first-order chi connectivity index (χ1) is 16.2. The van der Waals surface area contributed by atoms with E-state index in [0.717, 1.165) is 23.3 Å². The van der Waals surface area contributed by atoms with Crippen molar-refractivity contribution in [2.45, 2.75) is 20.8 Å². The molecule has 8 nitrogen and oxygen atoms in total. The van der Waals surface area contributed by atoms with E-state index in [9.17, 15) is 24.2 Å². The molecule has 0 saturated carbocycles. The molecule has 1 aliphatic heterocycles. The van der Waals surface area contributed by atoms with Crippen molar-refractivity contribution < 1.29 is 24.2 Å². The molecule has 3 aromatic carbocycles. The van der Waals surface area contributed by atoms with Gasteiger partial charge in [0.2, 0.25) is 0 Å². The molecule has 0 saturated heterocycles. The van der Waals surface area contributed by atoms with E-state index >= 15 is 0 Å². The van der Waals surface area contributed by atoms with Gasteiger partial charge in [-0.15, -0.1) is 0 Å². The number of carboxylic acid groups (broad SMARTS) is 1. The SMILES string of the molecule is CC1=NN(c2ccc(C)c(C)c2)C(=O)C1=NNc1cccc(-c2c(F)ccc(C(=O)O)c2O)c1. The van der Waals surface area contributed by atoms with Crippen LogP contribution < -0.4 is 10.4 Å². The summed E-state index contributed by atoms with van der Waals surface area (Å²) in [5.74, 6) is -3.22. The maximum Gasteiger partial charge on any atom is 0.339 e. The molecule has 1 aliphatic rings. The predicted octanol–water partition coefficient (Wildman–Crippen LogP) is 4.70. The number of hydrogen-bond acceptors (Lipinski definition) is 6. The smallest absolute Gasteiger partial charge is 0.339 e. The fourth-order valence-electron chi connectivity index (χ4n) is 3.54. The van der Waals surface area contributed by atoms with Gasteiger partial charge in [-0.05, 0) is 73.9 Å². The number of halogens is 1. The number of nitrogens with zero attached hydrogens (tertiary/aromatic N) is 3. The van der Waals surface area contributed by atoms with Gasteiger partial charge in [0.1, 0.15) is 17.1 Å². The molecule has 0 aromatic heterocycles. The highest BCUT2D eigenvalue weighted by Gasteiger charge is 2.31. The summed E-state index contributed by atoms with van der Waals surface area (Å²) in [7, 11) is 0. The third-order valence-electron chi connectivity index (χ3n) is 5.53. The standard InChI is InChI=1S/C25H21FN4O4/c1-13-7-8-18(11-14(13)2)30-24(32)22(15(3)29-30)28-27-17-6-4-5-16(12-17)21-20(26)10-9-19(23(21)31)25(33)34/h4-12,27,31H,1-3H3,(H,33,34). The van der Waals surface area contributed by atoms with Crippen molar-refractivity contribution in [3.8, 4) is 16.9 Å². The largest absolute Gasteiger partial charge is 0.506 e. The van der Waals surface area contributed by atoms with E-state index in [-0.39, 0.29) is 16.8 Å². The van der Waals surface area contributed by atoms with Crippen LogP contribution in [0.25, 0.3) is 11.1 Å². The Kier molecular flexibility index (Phi) is 5.85. The minimum absolute atomic E-state index is 0.116. The highest BCUT2D eigenvalue weighted by Crippen LogP contribution is 2.36. The number of phenols is 1. The highest BCUT2D eigenvalue weighted by molar-refractivity contribution is 6.71. The van der Waals surface area contributed by atoms with Crippen molar-refractivity contribution in [3.05, 3.63) is 77.1 Å². The van der Waals surface area contributed by atoms with E-state index in [2.05, 4.69) is 15.6 Å². The molecule has 0 bridgehead atoms. The van der Waals surface area contributed by atoms with Gasteiger partial charge < -0.3 is 10.2 Å². The number of rotatable bonds is 5. The Hall–Kier alpha value is -4.53. The second kappa shape index (κ2) is 8.78. The Balaban J connectivity index is 1.61. The molecule has 4 rings (SSSR count). The van der Waals surface area contributed by atoms with Crippen LogP contribution in [0.1, 0.15) is 28.4 Å². The predicted molar refractivity (Wildman–Crippen MR) is 128 cm³/mol. The van der Waals surface area contributed by atoms with Crippen molar-refractivity contribution in [2.75, 3.05) is 10.4 Å². The van der Waals surface area contributed by atoms with Crippen LogP contribution >= 0.6 is 0 Å². The van der Waals surface area contributed by atoms with E-state index in [1.807, 2.05) is 32.0 Å². The number of aromatic hydroxyl groups is 1. The molecular weight excluding hydrogens is 439 g/mol. The van der Waals surface area contributed by atoms with Crippen molar-refractivity contribution >= 4 is 34.7 Å². The van der Waals surface area contributed by atoms with E-state index in [1.54, 1.807) is 19.1 Å². The summed E-state index contributed by atoms with van der Waals surface area (Å²) < 4.78 is 14.4. The first kappa shape index (κ1) is 22.7. The van der Waals surface area contributed by atoms with Gasteiger partial charge in [0.15, 0.2) is 5.71 Å². The molecule has 0 radical (unpaired) electrons. The Morgan fingerprint density at radius 3 is 2.53 bits per heavy atom. The number of hydrogen-bond donors (Lipinski definition) is 3. The summed E-state index contributed by atoms with van der Waals surface area (Å²) in [6.45, 7) is 5.60. The van der Waals surface area contributed by atoms with E-state index in [4.69, 9.17) is 0 Å².